The minimum Gasteiger partial charge on any atom is -0.481 e. The monoisotopic (exact) mass is 569 g/mol. The summed E-state index contributed by atoms with van der Waals surface area (Å²) in [5.74, 6) is -3.95. The van der Waals surface area contributed by atoms with Crippen LogP contribution >= 0.6 is 0 Å². The first-order valence-corrected chi connectivity index (χ1v) is 13.8. The number of nitrogens with one attached hydrogen (secondary N) is 2. The second-order valence-corrected chi connectivity index (χ2v) is 11.9. The zero-order valence-corrected chi connectivity index (χ0v) is 23.4. The molecule has 0 saturated carbocycles. The largest absolute Gasteiger partial charge is 0.481 e. The van der Waals surface area contributed by atoms with Gasteiger partial charge in [0.1, 0.15) is 17.6 Å². The van der Waals surface area contributed by atoms with E-state index in [1.807, 2.05) is 0 Å². The summed E-state index contributed by atoms with van der Waals surface area (Å²) in [6.07, 6.45) is 0.885. The molecule has 3 N–H and O–H groups in total. The van der Waals surface area contributed by atoms with E-state index in [4.69, 9.17) is 0 Å². The van der Waals surface area contributed by atoms with Gasteiger partial charge in [-0.3, -0.25) is 29.3 Å². The number of aliphatic carboxylic acids is 1. The minimum absolute atomic E-state index is 0.449. The number of likely N-dealkylation sites (N-methyl/N-ethyl adjacent to an activating group) is 1. The molecule has 14 nitrogen and oxygen atoms in total. The van der Waals surface area contributed by atoms with Crippen LogP contribution in [0.4, 0.5) is 5.69 Å². The second kappa shape index (κ2) is 12.5. The molecule has 0 aromatic heterocycles. The Hall–Kier alpha value is -3.59. The number of amides is 3. The Bertz CT molecular complexity index is 1230. The van der Waals surface area contributed by atoms with Gasteiger partial charge in [0.05, 0.1) is 11.3 Å². The Labute approximate surface area is 226 Å². The Morgan fingerprint density at radius 2 is 1.72 bits per heavy atom. The summed E-state index contributed by atoms with van der Waals surface area (Å²) < 4.78 is 28.2. The number of nitro benzene ring substituents is 1. The Morgan fingerprint density at radius 3 is 2.23 bits per heavy atom. The van der Waals surface area contributed by atoms with Gasteiger partial charge in [0, 0.05) is 26.2 Å². The van der Waals surface area contributed by atoms with Gasteiger partial charge in [0.15, 0.2) is 4.90 Å². The highest BCUT2D eigenvalue weighted by atomic mass is 32.2. The number of hydrogen-bond donors (Lipinski definition) is 3. The number of para-hydroxylation sites is 1. The van der Waals surface area contributed by atoms with Crippen molar-refractivity contribution in [3.8, 4) is 0 Å². The van der Waals surface area contributed by atoms with E-state index in [1.54, 1.807) is 13.8 Å². The zero-order chi connectivity index (χ0) is 29.7. The lowest BCUT2D eigenvalue weighted by atomic mass is 9.97. The van der Waals surface area contributed by atoms with Crippen molar-refractivity contribution in [1.29, 1.82) is 0 Å². The van der Waals surface area contributed by atoms with E-state index in [1.165, 1.54) is 37.9 Å². The summed E-state index contributed by atoms with van der Waals surface area (Å²) in [4.78, 5) is 63.4. The Balaban J connectivity index is 2.29. The normalized spacial score (nSPS) is 15.5. The van der Waals surface area contributed by atoms with Crippen LogP contribution in [-0.2, 0) is 29.2 Å². The van der Waals surface area contributed by atoms with Gasteiger partial charge in [-0.25, -0.2) is 8.42 Å². The van der Waals surface area contributed by atoms with E-state index in [0.29, 0.717) is 13.1 Å². The number of carbonyl (C=O) groups excluding carboxylic acids is 3. The van der Waals surface area contributed by atoms with Crippen LogP contribution in [0.15, 0.2) is 29.2 Å². The van der Waals surface area contributed by atoms with E-state index in [9.17, 15) is 42.8 Å². The number of carbonyl (C=O) groups is 4. The third-order valence-corrected chi connectivity index (χ3v) is 8.03. The summed E-state index contributed by atoms with van der Waals surface area (Å²) in [6, 6.07) is 2.12. The molecule has 2 rings (SSSR count). The second-order valence-electron chi connectivity index (χ2n) is 10.3. The van der Waals surface area contributed by atoms with E-state index in [-0.39, 0.29) is 0 Å². The van der Waals surface area contributed by atoms with Crippen molar-refractivity contribution in [2.24, 2.45) is 5.92 Å². The maximum atomic E-state index is 13.5. The molecule has 1 aromatic carbocycles. The SMILES string of the molecule is CC(C)C(C(=O)N[C@@H](CC(=O)O)C(=O)N1CCCC1)N(C)C(=O)C(C)(C)NS(=O)(=O)c1ccccc1[N+](=O)[O-]. The molecule has 1 unspecified atom stereocenters. The number of likely N-dealkylation sites (tertiary alicyclic amines) is 1. The summed E-state index contributed by atoms with van der Waals surface area (Å²) in [5, 5.41) is 23.1. The molecule has 1 heterocycles. The van der Waals surface area contributed by atoms with Crippen molar-refractivity contribution in [1.82, 2.24) is 19.8 Å². The highest BCUT2D eigenvalue weighted by Crippen LogP contribution is 2.25. The van der Waals surface area contributed by atoms with Crippen LogP contribution in [-0.4, -0.2) is 89.7 Å². The van der Waals surface area contributed by atoms with E-state index in [0.717, 1.165) is 29.9 Å². The number of benzene rings is 1. The number of nitrogens with zero attached hydrogens (tertiary/aromatic N) is 3. The molecule has 1 fully saturated rings. The molecule has 0 spiro atoms. The van der Waals surface area contributed by atoms with Crippen molar-refractivity contribution < 1.29 is 37.6 Å². The topological polar surface area (TPSA) is 196 Å². The van der Waals surface area contributed by atoms with Crippen molar-refractivity contribution in [2.45, 2.75) is 69.5 Å². The van der Waals surface area contributed by atoms with Gasteiger partial charge in [-0.2, -0.15) is 4.72 Å². The van der Waals surface area contributed by atoms with Gasteiger partial charge < -0.3 is 20.2 Å². The van der Waals surface area contributed by atoms with Gasteiger partial charge in [0.25, 0.3) is 5.69 Å². The van der Waals surface area contributed by atoms with Crippen LogP contribution in [0.1, 0.15) is 47.0 Å². The maximum absolute atomic E-state index is 13.5. The number of hydrogen-bond acceptors (Lipinski definition) is 8. The highest BCUT2D eigenvalue weighted by molar-refractivity contribution is 7.89. The number of rotatable bonds is 12. The lowest BCUT2D eigenvalue weighted by molar-refractivity contribution is -0.387. The summed E-state index contributed by atoms with van der Waals surface area (Å²) >= 11 is 0. The zero-order valence-electron chi connectivity index (χ0n) is 22.5. The molecule has 216 valence electrons. The van der Waals surface area contributed by atoms with Crippen LogP contribution in [0.3, 0.4) is 0 Å². The lowest BCUT2D eigenvalue weighted by Crippen LogP contribution is -2.61. The molecular weight excluding hydrogens is 534 g/mol. The fourth-order valence-corrected chi connectivity index (χ4v) is 6.10. The van der Waals surface area contributed by atoms with Crippen LogP contribution in [0.5, 0.6) is 0 Å². The van der Waals surface area contributed by atoms with Crippen LogP contribution in [0.2, 0.25) is 0 Å². The lowest BCUT2D eigenvalue weighted by Gasteiger charge is -2.36. The molecule has 2 atom stereocenters. The van der Waals surface area contributed by atoms with E-state index < -0.39 is 79.2 Å². The number of nitro groups is 1. The molecule has 1 aromatic rings. The van der Waals surface area contributed by atoms with Gasteiger partial charge in [-0.1, -0.05) is 26.0 Å². The maximum Gasteiger partial charge on any atom is 0.305 e. The average Bonchev–Trinajstić information content (AvgIpc) is 3.36. The first kappa shape index (κ1) is 31.6. The summed E-state index contributed by atoms with van der Waals surface area (Å²) in [5.41, 5.74) is -2.52. The molecule has 39 heavy (non-hydrogen) atoms. The average molecular weight is 570 g/mol. The van der Waals surface area contributed by atoms with Gasteiger partial charge in [0.2, 0.25) is 27.7 Å². The van der Waals surface area contributed by atoms with Crippen molar-refractivity contribution in [2.75, 3.05) is 20.1 Å². The van der Waals surface area contributed by atoms with Gasteiger partial charge in [-0.15, -0.1) is 0 Å². The number of carboxylic acids is 1. The molecule has 1 aliphatic rings. The molecule has 15 heteroatoms. The predicted octanol–water partition coefficient (Wildman–Crippen LogP) is 0.717. The molecular formula is C24H35N5O9S. The Kier molecular flexibility index (Phi) is 10.1. The summed E-state index contributed by atoms with van der Waals surface area (Å²) in [7, 11) is -3.27. The van der Waals surface area contributed by atoms with Crippen LogP contribution < -0.4 is 10.0 Å². The molecule has 0 bridgehead atoms. The third-order valence-electron chi connectivity index (χ3n) is 6.32. The fraction of sp³-hybridized carbons (Fsp3) is 0.583. The van der Waals surface area contributed by atoms with Gasteiger partial charge >= 0.3 is 5.97 Å². The molecule has 1 saturated heterocycles. The van der Waals surface area contributed by atoms with Gasteiger partial charge in [-0.05, 0) is 38.7 Å². The molecule has 3 amide bonds. The van der Waals surface area contributed by atoms with Crippen molar-refractivity contribution in [3.63, 3.8) is 0 Å². The van der Waals surface area contributed by atoms with E-state index in [2.05, 4.69) is 10.0 Å². The third kappa shape index (κ3) is 7.72. The number of sulfonamides is 1. The van der Waals surface area contributed by atoms with Crippen LogP contribution in [0.25, 0.3) is 0 Å². The smallest absolute Gasteiger partial charge is 0.305 e. The first-order chi connectivity index (χ1) is 18.0. The first-order valence-electron chi connectivity index (χ1n) is 12.3. The molecule has 0 radical (unpaired) electrons. The highest BCUT2D eigenvalue weighted by Gasteiger charge is 2.42. The molecule has 0 aliphatic carbocycles. The quantitative estimate of drug-likeness (QED) is 0.240. The van der Waals surface area contributed by atoms with E-state index >= 15 is 0 Å². The minimum atomic E-state index is -4.55. The molecule has 1 aliphatic heterocycles. The fourth-order valence-electron chi connectivity index (χ4n) is 4.55. The summed E-state index contributed by atoms with van der Waals surface area (Å²) in [6.45, 7) is 6.66. The Morgan fingerprint density at radius 1 is 1.15 bits per heavy atom. The van der Waals surface area contributed by atoms with Crippen molar-refractivity contribution in [3.05, 3.63) is 34.4 Å². The van der Waals surface area contributed by atoms with Crippen molar-refractivity contribution >= 4 is 39.4 Å². The van der Waals surface area contributed by atoms with Crippen LogP contribution in [0, 0.1) is 16.0 Å². The number of carboxylic acid groups (broad SMARTS) is 1. The predicted molar refractivity (Wildman–Crippen MR) is 139 cm³/mol. The standard InChI is InChI=1S/C24H35N5O9S/c1-15(2)20(21(32)25-16(14-19(30)31)22(33)28-12-8-9-13-28)27(5)23(34)24(3,4)26-39(37,38)18-11-7-6-10-17(18)29(35)36/h6-7,10-11,15-16,20,26H,8-9,12-14H2,1-5H3,(H,25,32)(H,30,31)/t16-,20?/m0/s1.